The number of aliphatic hydroxyl groups excluding tert-OH is 1. The van der Waals surface area contributed by atoms with Crippen molar-refractivity contribution in [3.8, 4) is 0 Å². The first-order valence-corrected chi connectivity index (χ1v) is 32.7. The third-order valence-corrected chi connectivity index (χ3v) is 15.4. The van der Waals surface area contributed by atoms with Crippen molar-refractivity contribution in [3.05, 3.63) is 24.3 Å². The van der Waals surface area contributed by atoms with Gasteiger partial charge in [0.05, 0.1) is 39.9 Å². The topological polar surface area (TPSA) is 105 Å². The molecule has 0 fully saturated rings. The molecule has 0 radical (unpaired) electrons. The van der Waals surface area contributed by atoms with E-state index in [1.165, 1.54) is 244 Å². The van der Waals surface area contributed by atoms with Gasteiger partial charge in [0.15, 0.2) is 0 Å². The van der Waals surface area contributed by atoms with Crippen LogP contribution in [0.2, 0.25) is 0 Å². The summed E-state index contributed by atoms with van der Waals surface area (Å²) >= 11 is 0. The average Bonchev–Trinajstić information content (AvgIpc) is 3.33. The quantitative estimate of drug-likeness (QED) is 0.0243. The molecule has 0 heterocycles. The van der Waals surface area contributed by atoms with Gasteiger partial charge in [-0.15, -0.1) is 0 Å². The molecule has 422 valence electrons. The van der Waals surface area contributed by atoms with E-state index < -0.39 is 20.0 Å². The van der Waals surface area contributed by atoms with E-state index in [4.69, 9.17) is 9.05 Å². The lowest BCUT2D eigenvalue weighted by Gasteiger charge is -2.26. The van der Waals surface area contributed by atoms with E-state index in [1.807, 2.05) is 21.1 Å². The first kappa shape index (κ1) is 70.0. The van der Waals surface area contributed by atoms with E-state index in [9.17, 15) is 19.4 Å². The Morgan fingerprint density at radius 3 is 1.15 bits per heavy atom. The third kappa shape index (κ3) is 56.5. The van der Waals surface area contributed by atoms with Crippen LogP contribution in [-0.2, 0) is 18.4 Å². The van der Waals surface area contributed by atoms with Crippen molar-refractivity contribution < 1.29 is 32.9 Å². The Morgan fingerprint density at radius 1 is 0.479 bits per heavy atom. The number of unbranched alkanes of at least 4 members (excludes halogenated alkanes) is 41. The molecule has 1 amide bonds. The Labute approximate surface area is 443 Å². The van der Waals surface area contributed by atoms with Gasteiger partial charge >= 0.3 is 7.82 Å². The molecule has 0 aliphatic carbocycles. The number of amides is 1. The maximum Gasteiger partial charge on any atom is 0.472 e. The highest BCUT2D eigenvalue weighted by Crippen LogP contribution is 2.43. The number of rotatable bonds is 58. The van der Waals surface area contributed by atoms with Gasteiger partial charge in [-0.25, -0.2) is 4.57 Å². The van der Waals surface area contributed by atoms with Gasteiger partial charge in [-0.05, 0) is 44.9 Å². The molecule has 3 unspecified atom stereocenters. The van der Waals surface area contributed by atoms with Crippen LogP contribution in [0.3, 0.4) is 0 Å². The summed E-state index contributed by atoms with van der Waals surface area (Å²) in [6, 6.07) is -0.759. The van der Waals surface area contributed by atoms with E-state index in [-0.39, 0.29) is 19.1 Å². The number of allylic oxidation sites excluding steroid dienone is 4. The van der Waals surface area contributed by atoms with E-state index in [1.54, 1.807) is 0 Å². The lowest BCUT2D eigenvalue weighted by atomic mass is 10.0. The zero-order chi connectivity index (χ0) is 52.0. The second-order valence-electron chi connectivity index (χ2n) is 22.8. The number of likely N-dealkylation sites (N-methyl/N-ethyl adjacent to an activating group) is 1. The maximum absolute atomic E-state index is 13.0. The van der Waals surface area contributed by atoms with Crippen LogP contribution in [-0.4, -0.2) is 73.4 Å². The molecule has 0 saturated carbocycles. The second kappa shape index (κ2) is 53.8. The lowest BCUT2D eigenvalue weighted by molar-refractivity contribution is -0.870. The van der Waals surface area contributed by atoms with Crippen LogP contribution in [0.25, 0.3) is 0 Å². The second-order valence-corrected chi connectivity index (χ2v) is 24.2. The molecular weight excluding hydrogens is 900 g/mol. The van der Waals surface area contributed by atoms with Crippen molar-refractivity contribution in [3.63, 3.8) is 0 Å². The van der Waals surface area contributed by atoms with E-state index in [2.05, 4.69) is 43.5 Å². The summed E-state index contributed by atoms with van der Waals surface area (Å²) in [7, 11) is 1.63. The summed E-state index contributed by atoms with van der Waals surface area (Å²) in [6.45, 7) is 4.93. The van der Waals surface area contributed by atoms with Gasteiger partial charge in [0.1, 0.15) is 13.2 Å². The van der Waals surface area contributed by atoms with E-state index >= 15 is 0 Å². The number of nitrogens with zero attached hydrogens (tertiary/aromatic N) is 1. The number of aliphatic hydroxyl groups is 1. The lowest BCUT2D eigenvalue weighted by Crippen LogP contribution is -2.46. The molecule has 3 N–H and O–H groups in total. The third-order valence-electron chi connectivity index (χ3n) is 14.5. The molecule has 71 heavy (non-hydrogen) atoms. The SMILES string of the molecule is CCCCCCC/C=C\C/C=C\CCCCCCCCCCCCCCCCCCCC(=O)NC(COP(=O)(O)OCC[N+](C)(C)C)C(O)CCCCCCCCCCCCCCCCCCCCCC. The van der Waals surface area contributed by atoms with Crippen molar-refractivity contribution in [2.45, 2.75) is 328 Å². The number of phosphoric acid groups is 1. The molecular formula is C62H124N2O6P+. The monoisotopic (exact) mass is 1020 g/mol. The number of hydrogen-bond donors (Lipinski definition) is 3. The Kier molecular flexibility index (Phi) is 53.0. The fourth-order valence-corrected chi connectivity index (χ4v) is 10.3. The molecule has 8 nitrogen and oxygen atoms in total. The summed E-state index contributed by atoms with van der Waals surface area (Å²) in [5, 5.41) is 14.1. The predicted molar refractivity (Wildman–Crippen MR) is 309 cm³/mol. The highest BCUT2D eigenvalue weighted by molar-refractivity contribution is 7.47. The van der Waals surface area contributed by atoms with Gasteiger partial charge in [-0.2, -0.15) is 0 Å². The first-order valence-electron chi connectivity index (χ1n) is 31.2. The van der Waals surface area contributed by atoms with Crippen molar-refractivity contribution in [2.24, 2.45) is 0 Å². The Morgan fingerprint density at radius 2 is 0.803 bits per heavy atom. The normalized spacial score (nSPS) is 14.0. The van der Waals surface area contributed by atoms with E-state index in [0.29, 0.717) is 23.9 Å². The first-order chi connectivity index (χ1) is 34.5. The Balaban J connectivity index is 4.06. The van der Waals surface area contributed by atoms with Crippen molar-refractivity contribution in [1.82, 2.24) is 5.32 Å². The standard InChI is InChI=1S/C62H123N2O6P/c1-6-8-10-12-14-16-18-20-22-24-26-28-29-30-31-32-33-34-35-36-38-40-42-44-46-48-50-52-54-56-62(66)63-60(59-70-71(67,68)69-58-57-64(3,4)5)61(65)55-53-51-49-47-45-43-41-39-37-27-25-23-21-19-17-15-13-11-9-7-2/h18,20,24,26,60-61,65H,6-17,19,21-23,25,27-59H2,1-5H3,(H-,63,66,67,68)/p+1/b20-18-,26-24-. The van der Waals surface area contributed by atoms with Crippen LogP contribution in [0.15, 0.2) is 24.3 Å². The van der Waals surface area contributed by atoms with Gasteiger partial charge in [0.2, 0.25) is 5.91 Å². The molecule has 0 aliphatic rings. The highest BCUT2D eigenvalue weighted by atomic mass is 31.2. The Bertz CT molecular complexity index is 1210. The molecule has 0 aromatic heterocycles. The predicted octanol–water partition coefficient (Wildman–Crippen LogP) is 19.2. The number of carbonyl (C=O) groups is 1. The number of hydrogen-bond acceptors (Lipinski definition) is 5. The van der Waals surface area contributed by atoms with Gasteiger partial charge in [0, 0.05) is 6.42 Å². The molecule has 0 saturated heterocycles. The van der Waals surface area contributed by atoms with Crippen LogP contribution >= 0.6 is 7.82 Å². The molecule has 0 aromatic carbocycles. The zero-order valence-electron chi connectivity index (χ0n) is 48.2. The van der Waals surface area contributed by atoms with Crippen LogP contribution in [0.4, 0.5) is 0 Å². The van der Waals surface area contributed by atoms with Crippen LogP contribution in [0.5, 0.6) is 0 Å². The molecule has 9 heteroatoms. The number of phosphoric ester groups is 1. The highest BCUT2D eigenvalue weighted by Gasteiger charge is 2.28. The largest absolute Gasteiger partial charge is 0.472 e. The van der Waals surface area contributed by atoms with Gasteiger partial charge < -0.3 is 19.8 Å². The molecule has 0 spiro atoms. The van der Waals surface area contributed by atoms with Crippen molar-refractivity contribution in [1.29, 1.82) is 0 Å². The molecule has 0 aromatic rings. The van der Waals surface area contributed by atoms with Crippen LogP contribution < -0.4 is 5.32 Å². The smallest absolute Gasteiger partial charge is 0.391 e. The maximum atomic E-state index is 13.0. The molecule has 0 rings (SSSR count). The van der Waals surface area contributed by atoms with Crippen molar-refractivity contribution >= 4 is 13.7 Å². The minimum atomic E-state index is -4.32. The van der Waals surface area contributed by atoms with Gasteiger partial charge in [0.25, 0.3) is 0 Å². The number of nitrogens with one attached hydrogen (secondary N) is 1. The summed E-state index contributed by atoms with van der Waals surface area (Å²) in [4.78, 5) is 23.4. The Hall–Kier alpha value is -1.02. The minimum absolute atomic E-state index is 0.0771. The average molecular weight is 1020 g/mol. The molecule has 0 aliphatic heterocycles. The van der Waals surface area contributed by atoms with Crippen molar-refractivity contribution in [2.75, 3.05) is 40.9 Å². The van der Waals surface area contributed by atoms with Crippen LogP contribution in [0, 0.1) is 0 Å². The van der Waals surface area contributed by atoms with Gasteiger partial charge in [-0.1, -0.05) is 289 Å². The summed E-state index contributed by atoms with van der Waals surface area (Å²) < 4.78 is 23.8. The molecule has 0 bridgehead atoms. The summed E-state index contributed by atoms with van der Waals surface area (Å²) in [5.41, 5.74) is 0. The van der Waals surface area contributed by atoms with E-state index in [0.717, 1.165) is 44.9 Å². The molecule has 3 atom stereocenters. The van der Waals surface area contributed by atoms with Crippen LogP contribution in [0.1, 0.15) is 316 Å². The summed E-state index contributed by atoms with van der Waals surface area (Å²) in [6.07, 6.45) is 68.2. The minimum Gasteiger partial charge on any atom is -0.391 e. The number of quaternary nitrogens is 1. The number of carbonyl (C=O) groups excluding carboxylic acids is 1. The zero-order valence-corrected chi connectivity index (χ0v) is 49.1. The summed E-state index contributed by atoms with van der Waals surface area (Å²) in [5.74, 6) is -0.138. The van der Waals surface area contributed by atoms with Gasteiger partial charge in [-0.3, -0.25) is 13.8 Å². The fraction of sp³-hybridized carbons (Fsp3) is 0.919. The fourth-order valence-electron chi connectivity index (χ4n) is 9.55.